The first-order chi connectivity index (χ1) is 13.1. The van der Waals surface area contributed by atoms with E-state index in [9.17, 15) is 4.39 Å². The van der Waals surface area contributed by atoms with Gasteiger partial charge in [0.05, 0.1) is 11.1 Å². The second kappa shape index (κ2) is 10.1. The quantitative estimate of drug-likeness (QED) is 0.461. The van der Waals surface area contributed by atoms with Crippen molar-refractivity contribution < 1.29 is 9.13 Å². The number of unbranched alkanes of at least 4 members (excludes halogenated alkanes) is 1. The summed E-state index contributed by atoms with van der Waals surface area (Å²) in [7, 11) is 0. The van der Waals surface area contributed by atoms with Crippen LogP contribution < -0.4 is 0 Å². The molecule has 0 radical (unpaired) electrons. The molecule has 0 aromatic heterocycles. The molecule has 0 aliphatic heterocycles. The molecule has 27 heavy (non-hydrogen) atoms. The molecule has 1 aromatic carbocycles. The van der Waals surface area contributed by atoms with E-state index < -0.39 is 0 Å². The molecule has 2 aliphatic rings. The fraction of sp³-hybridized carbons (Fsp3) is 0.667. The van der Waals surface area contributed by atoms with Crippen LogP contribution in [0.5, 0.6) is 0 Å². The molecule has 150 valence electrons. The van der Waals surface area contributed by atoms with Gasteiger partial charge in [0.2, 0.25) is 0 Å². The van der Waals surface area contributed by atoms with Crippen LogP contribution in [0.3, 0.4) is 0 Å². The smallest absolute Gasteiger partial charge is 0.145 e. The van der Waals surface area contributed by atoms with Gasteiger partial charge in [0.25, 0.3) is 0 Å². The Balaban J connectivity index is 1.44. The summed E-state index contributed by atoms with van der Waals surface area (Å²) in [6.07, 6.45) is 14.9. The molecular weight excluding hydrogens is 359 g/mol. The van der Waals surface area contributed by atoms with Gasteiger partial charge in [0, 0.05) is 6.61 Å². The van der Waals surface area contributed by atoms with Gasteiger partial charge in [-0.2, -0.15) is 0 Å². The van der Waals surface area contributed by atoms with Crippen LogP contribution in [-0.4, -0.2) is 12.7 Å². The van der Waals surface area contributed by atoms with Gasteiger partial charge < -0.3 is 4.74 Å². The van der Waals surface area contributed by atoms with Gasteiger partial charge in [-0.25, -0.2) is 4.39 Å². The maximum Gasteiger partial charge on any atom is 0.145 e. The van der Waals surface area contributed by atoms with Crippen molar-refractivity contribution in [3.63, 3.8) is 0 Å². The lowest BCUT2D eigenvalue weighted by atomic mass is 9.80. The highest BCUT2D eigenvalue weighted by atomic mass is 35.5. The van der Waals surface area contributed by atoms with E-state index >= 15 is 0 Å². The number of benzene rings is 1. The number of halogens is 2. The minimum Gasteiger partial charge on any atom is -0.378 e. The average molecular weight is 393 g/mol. The molecule has 1 fully saturated rings. The highest BCUT2D eigenvalue weighted by molar-refractivity contribution is 6.32. The predicted molar refractivity (Wildman–Crippen MR) is 113 cm³/mol. The SMILES string of the molecule is CCCCC1CCC(COC2CC=C(c3ccc(C)c(F)c3Cl)CC2)CC1. The van der Waals surface area contributed by atoms with Gasteiger partial charge >= 0.3 is 0 Å². The molecule has 0 bridgehead atoms. The standard InChI is InChI=1S/C24H34ClFO/c1-3-4-5-18-7-9-19(10-8-18)16-27-21-13-11-20(12-14-21)22-15-6-17(2)24(26)23(22)25/h6,11,15,18-19,21H,3-5,7-10,12-14,16H2,1-2H3. The fourth-order valence-electron chi connectivity index (χ4n) is 4.55. The molecule has 0 amide bonds. The summed E-state index contributed by atoms with van der Waals surface area (Å²) < 4.78 is 20.3. The lowest BCUT2D eigenvalue weighted by Crippen LogP contribution is -2.23. The summed E-state index contributed by atoms with van der Waals surface area (Å²) >= 11 is 6.23. The molecule has 0 spiro atoms. The summed E-state index contributed by atoms with van der Waals surface area (Å²) in [6.45, 7) is 4.95. The number of ether oxygens (including phenoxy) is 1. The van der Waals surface area contributed by atoms with Crippen LogP contribution in [0.4, 0.5) is 4.39 Å². The van der Waals surface area contributed by atoms with E-state index in [1.807, 2.05) is 12.1 Å². The summed E-state index contributed by atoms with van der Waals surface area (Å²) in [5, 5.41) is 0.264. The predicted octanol–water partition coefficient (Wildman–Crippen LogP) is 7.74. The summed E-state index contributed by atoms with van der Waals surface area (Å²) in [5.74, 6) is 1.41. The van der Waals surface area contributed by atoms with Crippen molar-refractivity contribution >= 4 is 17.2 Å². The first-order valence-corrected chi connectivity index (χ1v) is 11.2. The zero-order chi connectivity index (χ0) is 19.2. The zero-order valence-corrected chi connectivity index (χ0v) is 17.7. The van der Waals surface area contributed by atoms with E-state index in [0.29, 0.717) is 11.7 Å². The van der Waals surface area contributed by atoms with Crippen molar-refractivity contribution in [1.29, 1.82) is 0 Å². The third-order valence-electron chi connectivity index (χ3n) is 6.48. The Kier molecular flexibility index (Phi) is 7.78. The Hall–Kier alpha value is -0.860. The Morgan fingerprint density at radius 1 is 1.11 bits per heavy atom. The fourth-order valence-corrected chi connectivity index (χ4v) is 4.89. The molecule has 1 nitrogen and oxygen atoms in total. The number of hydrogen-bond donors (Lipinski definition) is 0. The van der Waals surface area contributed by atoms with Gasteiger partial charge in [0.1, 0.15) is 5.82 Å². The number of rotatable bonds is 7. The maximum absolute atomic E-state index is 14.1. The van der Waals surface area contributed by atoms with Crippen LogP contribution in [0.25, 0.3) is 5.57 Å². The zero-order valence-electron chi connectivity index (χ0n) is 16.9. The third kappa shape index (κ3) is 5.57. The van der Waals surface area contributed by atoms with E-state index in [0.717, 1.165) is 48.8 Å². The second-order valence-corrected chi connectivity index (χ2v) is 8.92. The van der Waals surface area contributed by atoms with Crippen molar-refractivity contribution in [2.45, 2.75) is 84.2 Å². The average Bonchev–Trinajstić information content (AvgIpc) is 2.70. The van der Waals surface area contributed by atoms with Crippen molar-refractivity contribution in [3.8, 4) is 0 Å². The van der Waals surface area contributed by atoms with Gasteiger partial charge in [-0.15, -0.1) is 0 Å². The normalized spacial score (nSPS) is 26.1. The summed E-state index contributed by atoms with van der Waals surface area (Å²) in [4.78, 5) is 0. The van der Waals surface area contributed by atoms with Gasteiger partial charge in [-0.05, 0) is 67.6 Å². The largest absolute Gasteiger partial charge is 0.378 e. The molecular formula is C24H34ClFO. The molecule has 3 rings (SSSR count). The number of aryl methyl sites for hydroxylation is 1. The van der Waals surface area contributed by atoms with Crippen LogP contribution in [0.2, 0.25) is 5.02 Å². The monoisotopic (exact) mass is 392 g/mol. The van der Waals surface area contributed by atoms with E-state index in [-0.39, 0.29) is 10.8 Å². The van der Waals surface area contributed by atoms with Crippen molar-refractivity contribution in [2.24, 2.45) is 11.8 Å². The molecule has 3 heteroatoms. The Labute approximate surface area is 169 Å². The van der Waals surface area contributed by atoms with E-state index in [2.05, 4.69) is 13.0 Å². The summed E-state index contributed by atoms with van der Waals surface area (Å²) in [6, 6.07) is 3.77. The van der Waals surface area contributed by atoms with E-state index in [1.165, 1.54) is 44.9 Å². The minimum absolute atomic E-state index is 0.264. The highest BCUT2D eigenvalue weighted by Gasteiger charge is 2.23. The molecule has 1 unspecified atom stereocenters. The minimum atomic E-state index is -0.289. The molecule has 0 saturated heterocycles. The number of allylic oxidation sites excluding steroid dienone is 1. The van der Waals surface area contributed by atoms with Gasteiger partial charge in [-0.3, -0.25) is 0 Å². The van der Waals surface area contributed by atoms with Crippen molar-refractivity contribution in [1.82, 2.24) is 0 Å². The second-order valence-electron chi connectivity index (χ2n) is 8.55. The maximum atomic E-state index is 14.1. The van der Waals surface area contributed by atoms with Crippen LogP contribution in [0.1, 0.15) is 82.3 Å². The van der Waals surface area contributed by atoms with Crippen LogP contribution in [0.15, 0.2) is 18.2 Å². The van der Waals surface area contributed by atoms with Crippen LogP contribution in [-0.2, 0) is 4.74 Å². The lowest BCUT2D eigenvalue weighted by molar-refractivity contribution is 0.0130. The van der Waals surface area contributed by atoms with Crippen molar-refractivity contribution in [2.75, 3.05) is 6.61 Å². The first-order valence-electron chi connectivity index (χ1n) is 10.8. The first kappa shape index (κ1) is 20.9. The van der Waals surface area contributed by atoms with Crippen LogP contribution in [0, 0.1) is 24.6 Å². The highest BCUT2D eigenvalue weighted by Crippen LogP contribution is 2.36. The molecule has 1 aromatic rings. The molecule has 0 N–H and O–H groups in total. The summed E-state index contributed by atoms with van der Waals surface area (Å²) in [5.41, 5.74) is 2.62. The molecule has 2 aliphatic carbocycles. The van der Waals surface area contributed by atoms with Crippen molar-refractivity contribution in [3.05, 3.63) is 40.2 Å². The lowest BCUT2D eigenvalue weighted by Gasteiger charge is -2.30. The molecule has 0 heterocycles. The Morgan fingerprint density at radius 3 is 2.52 bits per heavy atom. The molecule has 1 atom stereocenters. The Bertz CT molecular complexity index is 646. The molecule has 1 saturated carbocycles. The third-order valence-corrected chi connectivity index (χ3v) is 6.85. The van der Waals surface area contributed by atoms with E-state index in [4.69, 9.17) is 16.3 Å². The van der Waals surface area contributed by atoms with E-state index in [1.54, 1.807) is 6.92 Å². The Morgan fingerprint density at radius 2 is 1.85 bits per heavy atom. The van der Waals surface area contributed by atoms with Gasteiger partial charge in [-0.1, -0.05) is 68.8 Å². The van der Waals surface area contributed by atoms with Crippen LogP contribution >= 0.6 is 11.6 Å². The van der Waals surface area contributed by atoms with Gasteiger partial charge in [0.15, 0.2) is 0 Å². The number of hydrogen-bond acceptors (Lipinski definition) is 1. The topological polar surface area (TPSA) is 9.23 Å².